The Morgan fingerprint density at radius 3 is 2.60 bits per heavy atom. The zero-order valence-corrected chi connectivity index (χ0v) is 15.2. The Bertz CT molecular complexity index is 647. The number of nitrogens with two attached hydrogens (primary N) is 1. The molecule has 0 bridgehead atoms. The van der Waals surface area contributed by atoms with Crippen molar-refractivity contribution in [2.45, 2.75) is 19.8 Å². The van der Waals surface area contributed by atoms with Crippen LogP contribution in [0, 0.1) is 3.57 Å². The second kappa shape index (κ2) is 6.26. The quantitative estimate of drug-likeness (QED) is 0.715. The van der Waals surface area contributed by atoms with Crippen molar-refractivity contribution in [3.8, 4) is 17.1 Å². The highest BCUT2D eigenvalue weighted by molar-refractivity contribution is 14.1. The van der Waals surface area contributed by atoms with E-state index in [0.29, 0.717) is 11.6 Å². The van der Waals surface area contributed by atoms with Crippen molar-refractivity contribution >= 4 is 44.3 Å². The molecule has 2 N–H and O–H groups in total. The van der Waals surface area contributed by atoms with Crippen LogP contribution >= 0.6 is 38.5 Å². The summed E-state index contributed by atoms with van der Waals surface area (Å²) < 4.78 is 7.24. The number of benzene rings is 1. The molecule has 0 amide bonds. The zero-order valence-electron chi connectivity index (χ0n) is 11.4. The summed E-state index contributed by atoms with van der Waals surface area (Å²) in [6.45, 7) is 4.18. The van der Waals surface area contributed by atoms with Crippen molar-refractivity contribution in [2.75, 3.05) is 12.8 Å². The first-order valence-electron chi connectivity index (χ1n) is 6.10. The van der Waals surface area contributed by atoms with E-state index in [4.69, 9.17) is 10.5 Å². The Morgan fingerprint density at radius 1 is 1.30 bits per heavy atom. The molecule has 1 aromatic carbocycles. The largest absolute Gasteiger partial charge is 0.496 e. The molecule has 0 aliphatic rings. The third kappa shape index (κ3) is 3.06. The first-order valence-corrected chi connectivity index (χ1v) is 7.98. The van der Waals surface area contributed by atoms with Crippen molar-refractivity contribution in [1.29, 1.82) is 0 Å². The highest BCUT2D eigenvalue weighted by atomic mass is 127. The van der Waals surface area contributed by atoms with Crippen LogP contribution in [0.2, 0.25) is 0 Å². The lowest BCUT2D eigenvalue weighted by Gasteiger charge is -2.13. The van der Waals surface area contributed by atoms with Gasteiger partial charge in [-0.3, -0.25) is 0 Å². The summed E-state index contributed by atoms with van der Waals surface area (Å²) in [4.78, 5) is 9.05. The van der Waals surface area contributed by atoms with Crippen LogP contribution < -0.4 is 10.5 Å². The van der Waals surface area contributed by atoms with Crippen LogP contribution in [-0.4, -0.2) is 17.1 Å². The first-order chi connectivity index (χ1) is 9.43. The van der Waals surface area contributed by atoms with Gasteiger partial charge < -0.3 is 10.5 Å². The Hall–Kier alpha value is -0.890. The number of hydrogen-bond acceptors (Lipinski definition) is 4. The molecule has 20 heavy (non-hydrogen) atoms. The lowest BCUT2D eigenvalue weighted by molar-refractivity contribution is 0.416. The summed E-state index contributed by atoms with van der Waals surface area (Å²) in [5.41, 5.74) is 7.79. The van der Waals surface area contributed by atoms with Gasteiger partial charge in [-0.2, -0.15) is 0 Å². The number of rotatable bonds is 3. The van der Waals surface area contributed by atoms with Gasteiger partial charge in [0.1, 0.15) is 11.6 Å². The minimum absolute atomic E-state index is 0.282. The van der Waals surface area contributed by atoms with E-state index >= 15 is 0 Å². The van der Waals surface area contributed by atoms with Gasteiger partial charge in [0.05, 0.1) is 21.9 Å². The molecule has 0 saturated carbocycles. The van der Waals surface area contributed by atoms with Crippen LogP contribution in [0.5, 0.6) is 5.75 Å². The molecule has 0 spiro atoms. The third-order valence-electron chi connectivity index (χ3n) is 2.85. The average Bonchev–Trinajstić information content (AvgIpc) is 2.41. The molecule has 1 aromatic heterocycles. The monoisotopic (exact) mass is 447 g/mol. The maximum atomic E-state index is 6.02. The van der Waals surface area contributed by atoms with Crippen LogP contribution in [0.15, 0.2) is 22.7 Å². The van der Waals surface area contributed by atoms with E-state index in [2.05, 4.69) is 62.3 Å². The lowest BCUT2D eigenvalue weighted by atomic mass is 10.1. The number of aromatic nitrogens is 2. The minimum atomic E-state index is 0.282. The molecule has 0 fully saturated rings. The summed E-state index contributed by atoms with van der Waals surface area (Å²) in [5.74, 6) is 2.10. The molecule has 0 unspecified atom stereocenters. The Morgan fingerprint density at radius 2 is 2.00 bits per heavy atom. The average molecular weight is 448 g/mol. The fraction of sp³-hybridized carbons (Fsp3) is 0.286. The van der Waals surface area contributed by atoms with Gasteiger partial charge >= 0.3 is 0 Å². The van der Waals surface area contributed by atoms with Crippen molar-refractivity contribution in [2.24, 2.45) is 0 Å². The van der Waals surface area contributed by atoms with E-state index in [1.54, 1.807) is 7.11 Å². The van der Waals surface area contributed by atoms with Gasteiger partial charge in [0, 0.05) is 4.47 Å². The molecule has 4 nitrogen and oxygen atoms in total. The SMILES string of the molecule is COc1ccc(Br)cc1-c1nc(N)c(I)c(C(C)C)n1. The number of nitrogen functional groups attached to an aromatic ring is 1. The molecule has 106 valence electrons. The molecule has 1 heterocycles. The number of nitrogens with zero attached hydrogens (tertiary/aromatic N) is 2. The van der Waals surface area contributed by atoms with E-state index in [1.165, 1.54) is 0 Å². The maximum Gasteiger partial charge on any atom is 0.165 e. The molecular weight excluding hydrogens is 433 g/mol. The van der Waals surface area contributed by atoms with Crippen LogP contribution in [0.4, 0.5) is 5.82 Å². The summed E-state index contributed by atoms with van der Waals surface area (Å²) in [7, 11) is 1.63. The second-order valence-electron chi connectivity index (χ2n) is 4.63. The van der Waals surface area contributed by atoms with Gasteiger partial charge in [-0.15, -0.1) is 0 Å². The lowest BCUT2D eigenvalue weighted by Crippen LogP contribution is -2.06. The molecule has 0 aliphatic heterocycles. The number of methoxy groups -OCH3 is 1. The number of ether oxygens (including phenoxy) is 1. The van der Waals surface area contributed by atoms with Crippen LogP contribution in [0.3, 0.4) is 0 Å². The second-order valence-corrected chi connectivity index (χ2v) is 6.63. The van der Waals surface area contributed by atoms with Gasteiger partial charge in [0.25, 0.3) is 0 Å². The molecule has 0 aliphatic carbocycles. The Labute approximate surface area is 140 Å². The number of anilines is 1. The van der Waals surface area contributed by atoms with Gasteiger partial charge in [0.2, 0.25) is 0 Å². The van der Waals surface area contributed by atoms with E-state index < -0.39 is 0 Å². The fourth-order valence-electron chi connectivity index (χ4n) is 1.84. The van der Waals surface area contributed by atoms with Gasteiger partial charge in [-0.25, -0.2) is 9.97 Å². The van der Waals surface area contributed by atoms with E-state index in [1.807, 2.05) is 18.2 Å². The van der Waals surface area contributed by atoms with Gasteiger partial charge in [0.15, 0.2) is 5.82 Å². The van der Waals surface area contributed by atoms with Crippen molar-refractivity contribution in [1.82, 2.24) is 9.97 Å². The highest BCUT2D eigenvalue weighted by Crippen LogP contribution is 2.33. The van der Waals surface area contributed by atoms with Gasteiger partial charge in [-0.1, -0.05) is 29.8 Å². The van der Waals surface area contributed by atoms with E-state index in [9.17, 15) is 0 Å². The number of hydrogen-bond donors (Lipinski definition) is 1. The fourth-order valence-corrected chi connectivity index (χ4v) is 3.07. The van der Waals surface area contributed by atoms with Crippen molar-refractivity contribution in [3.05, 3.63) is 31.9 Å². The first kappa shape index (κ1) is 15.5. The molecule has 0 saturated heterocycles. The molecule has 6 heteroatoms. The molecular formula is C14H15BrIN3O. The summed E-state index contributed by atoms with van der Waals surface area (Å²) >= 11 is 5.65. The smallest absolute Gasteiger partial charge is 0.165 e. The minimum Gasteiger partial charge on any atom is -0.496 e. The van der Waals surface area contributed by atoms with Crippen LogP contribution in [0.1, 0.15) is 25.5 Å². The normalized spacial score (nSPS) is 10.9. The molecule has 0 radical (unpaired) electrons. The van der Waals surface area contributed by atoms with E-state index in [-0.39, 0.29) is 5.92 Å². The summed E-state index contributed by atoms with van der Waals surface area (Å²) in [5, 5.41) is 0. The Kier molecular flexibility index (Phi) is 4.85. The highest BCUT2D eigenvalue weighted by Gasteiger charge is 2.16. The Balaban J connectivity index is 2.67. The topological polar surface area (TPSA) is 61.0 Å². The van der Waals surface area contributed by atoms with E-state index in [0.717, 1.165) is 25.0 Å². The molecule has 0 atom stereocenters. The van der Waals surface area contributed by atoms with Crippen molar-refractivity contribution < 1.29 is 4.74 Å². The number of halogens is 2. The predicted molar refractivity (Wildman–Crippen MR) is 92.9 cm³/mol. The van der Waals surface area contributed by atoms with Crippen LogP contribution in [0.25, 0.3) is 11.4 Å². The molecule has 2 aromatic rings. The third-order valence-corrected chi connectivity index (χ3v) is 4.45. The van der Waals surface area contributed by atoms with Gasteiger partial charge in [-0.05, 0) is 46.7 Å². The predicted octanol–water partition coefficient (Wildman–Crippen LogP) is 4.22. The zero-order chi connectivity index (χ0) is 14.9. The standard InChI is InChI=1S/C14H15BrIN3O/c1-7(2)12-11(16)13(17)19-14(18-12)9-6-8(15)4-5-10(9)20-3/h4-7H,1-3H3,(H2,17,18,19). The summed E-state index contributed by atoms with van der Waals surface area (Å²) in [6.07, 6.45) is 0. The summed E-state index contributed by atoms with van der Waals surface area (Å²) in [6, 6.07) is 5.73. The van der Waals surface area contributed by atoms with Crippen molar-refractivity contribution in [3.63, 3.8) is 0 Å². The van der Waals surface area contributed by atoms with Crippen LogP contribution in [-0.2, 0) is 0 Å². The molecule has 2 rings (SSSR count). The maximum absolute atomic E-state index is 6.02.